The summed E-state index contributed by atoms with van der Waals surface area (Å²) in [6, 6.07) is 6.27. The lowest BCUT2D eigenvalue weighted by molar-refractivity contribution is -0.137. The monoisotopic (exact) mass is 302 g/mol. The van der Waals surface area contributed by atoms with E-state index in [1.165, 1.54) is 11.1 Å². The van der Waals surface area contributed by atoms with Crippen LogP contribution in [0.15, 0.2) is 18.2 Å². The maximum atomic E-state index is 12.3. The second kappa shape index (κ2) is 7.80. The number of aryl methyl sites for hydroxylation is 2. The van der Waals surface area contributed by atoms with Gasteiger partial charge in [-0.25, -0.2) is 0 Å². The third-order valence-electron chi connectivity index (χ3n) is 3.66. The zero-order valence-corrected chi connectivity index (χ0v) is 13.2. The van der Waals surface area contributed by atoms with Gasteiger partial charge in [-0.3, -0.25) is 0 Å². The standard InChI is InChI=1S/C16H25F3N2/c1-5-20-15(11-21(4)9-8-16(17,18)19)14-7-6-12(2)13(3)10-14/h6-7,10,15,20H,5,8-9,11H2,1-4H3. The Hall–Kier alpha value is -1.07. The van der Waals surface area contributed by atoms with E-state index in [0.29, 0.717) is 6.54 Å². The molecule has 0 aliphatic heterocycles. The van der Waals surface area contributed by atoms with E-state index in [9.17, 15) is 13.2 Å². The molecular weight excluding hydrogens is 277 g/mol. The van der Waals surface area contributed by atoms with Gasteiger partial charge in [-0.1, -0.05) is 25.1 Å². The normalized spacial score (nSPS) is 13.7. The predicted octanol–water partition coefficient (Wildman–Crippen LogP) is 3.84. The molecule has 0 heterocycles. The van der Waals surface area contributed by atoms with E-state index in [0.717, 1.165) is 12.1 Å². The van der Waals surface area contributed by atoms with Crippen LogP contribution in [0.3, 0.4) is 0 Å². The lowest BCUT2D eigenvalue weighted by atomic mass is 10.0. The van der Waals surface area contributed by atoms with Gasteiger partial charge in [0.05, 0.1) is 6.42 Å². The predicted molar refractivity (Wildman–Crippen MR) is 80.5 cm³/mol. The molecule has 0 fully saturated rings. The second-order valence-corrected chi connectivity index (χ2v) is 5.58. The average molecular weight is 302 g/mol. The molecule has 120 valence electrons. The Balaban J connectivity index is 2.70. The number of alkyl halides is 3. The molecule has 1 unspecified atom stereocenters. The average Bonchev–Trinajstić information content (AvgIpc) is 2.38. The fourth-order valence-electron chi connectivity index (χ4n) is 2.24. The quantitative estimate of drug-likeness (QED) is 0.823. The van der Waals surface area contributed by atoms with Crippen LogP contribution in [-0.2, 0) is 0 Å². The summed E-state index contributed by atoms with van der Waals surface area (Å²) in [7, 11) is 1.73. The number of likely N-dealkylation sites (N-methyl/N-ethyl adjacent to an activating group) is 2. The van der Waals surface area contributed by atoms with Crippen molar-refractivity contribution >= 4 is 0 Å². The molecule has 0 aromatic heterocycles. The summed E-state index contributed by atoms with van der Waals surface area (Å²) >= 11 is 0. The minimum atomic E-state index is -4.09. The van der Waals surface area contributed by atoms with Gasteiger partial charge in [0.25, 0.3) is 0 Å². The molecule has 1 aromatic carbocycles. The fraction of sp³-hybridized carbons (Fsp3) is 0.625. The van der Waals surface area contributed by atoms with E-state index < -0.39 is 12.6 Å². The largest absolute Gasteiger partial charge is 0.390 e. The highest BCUT2D eigenvalue weighted by Gasteiger charge is 2.27. The van der Waals surface area contributed by atoms with Crippen LogP contribution in [0.4, 0.5) is 13.2 Å². The zero-order valence-electron chi connectivity index (χ0n) is 13.2. The van der Waals surface area contributed by atoms with Crippen molar-refractivity contribution in [1.29, 1.82) is 0 Å². The van der Waals surface area contributed by atoms with Crippen LogP contribution in [-0.4, -0.2) is 37.8 Å². The Kier molecular flexibility index (Phi) is 6.68. The molecule has 0 bridgehead atoms. The van der Waals surface area contributed by atoms with Gasteiger partial charge in [-0.15, -0.1) is 0 Å². The first-order valence-electron chi connectivity index (χ1n) is 7.28. The molecule has 21 heavy (non-hydrogen) atoms. The number of nitrogens with zero attached hydrogens (tertiary/aromatic N) is 1. The highest BCUT2D eigenvalue weighted by Crippen LogP contribution is 2.21. The van der Waals surface area contributed by atoms with Crippen molar-refractivity contribution in [2.45, 2.75) is 39.4 Å². The SMILES string of the molecule is CCNC(CN(C)CCC(F)(F)F)c1ccc(C)c(C)c1. The molecule has 0 spiro atoms. The lowest BCUT2D eigenvalue weighted by Crippen LogP contribution is -2.34. The van der Waals surface area contributed by atoms with Crippen LogP contribution < -0.4 is 5.32 Å². The summed E-state index contributed by atoms with van der Waals surface area (Å²) in [6.07, 6.45) is -4.86. The van der Waals surface area contributed by atoms with Gasteiger partial charge in [0.15, 0.2) is 0 Å². The molecule has 5 heteroatoms. The molecule has 0 saturated heterocycles. The summed E-state index contributed by atoms with van der Waals surface area (Å²) in [5, 5.41) is 3.35. The fourth-order valence-corrected chi connectivity index (χ4v) is 2.24. The maximum Gasteiger partial charge on any atom is 0.390 e. The zero-order chi connectivity index (χ0) is 16.0. The molecule has 0 aliphatic rings. The van der Waals surface area contributed by atoms with Gasteiger partial charge in [0.1, 0.15) is 0 Å². The molecule has 1 rings (SSSR count). The van der Waals surface area contributed by atoms with Crippen LogP contribution in [0.25, 0.3) is 0 Å². The second-order valence-electron chi connectivity index (χ2n) is 5.58. The van der Waals surface area contributed by atoms with Crippen molar-refractivity contribution in [3.63, 3.8) is 0 Å². The first-order chi connectivity index (χ1) is 9.73. The van der Waals surface area contributed by atoms with E-state index >= 15 is 0 Å². The van der Waals surface area contributed by atoms with Crippen LogP contribution in [0.5, 0.6) is 0 Å². The Bertz CT molecular complexity index is 444. The Labute approximate surface area is 125 Å². The van der Waals surface area contributed by atoms with Crippen molar-refractivity contribution < 1.29 is 13.2 Å². The molecule has 2 nitrogen and oxygen atoms in total. The molecule has 1 aromatic rings. The Morgan fingerprint density at radius 1 is 1.19 bits per heavy atom. The molecule has 1 atom stereocenters. The highest BCUT2D eigenvalue weighted by molar-refractivity contribution is 5.31. The summed E-state index contributed by atoms with van der Waals surface area (Å²) in [4.78, 5) is 1.73. The Morgan fingerprint density at radius 2 is 1.86 bits per heavy atom. The molecular formula is C16H25F3N2. The maximum absolute atomic E-state index is 12.3. The summed E-state index contributed by atoms with van der Waals surface area (Å²) < 4.78 is 36.8. The summed E-state index contributed by atoms with van der Waals surface area (Å²) in [6.45, 7) is 7.48. The van der Waals surface area contributed by atoms with Gasteiger partial charge in [0, 0.05) is 19.1 Å². The molecule has 0 amide bonds. The van der Waals surface area contributed by atoms with Gasteiger partial charge >= 0.3 is 6.18 Å². The first-order valence-corrected chi connectivity index (χ1v) is 7.28. The van der Waals surface area contributed by atoms with Crippen molar-refractivity contribution in [2.24, 2.45) is 0 Å². The van der Waals surface area contributed by atoms with E-state index in [1.54, 1.807) is 11.9 Å². The third-order valence-corrected chi connectivity index (χ3v) is 3.66. The topological polar surface area (TPSA) is 15.3 Å². The van der Waals surface area contributed by atoms with Gasteiger partial charge in [0.2, 0.25) is 0 Å². The third kappa shape index (κ3) is 6.48. The van der Waals surface area contributed by atoms with Crippen molar-refractivity contribution in [1.82, 2.24) is 10.2 Å². The summed E-state index contributed by atoms with van der Waals surface area (Å²) in [5.41, 5.74) is 3.55. The van der Waals surface area contributed by atoms with Gasteiger partial charge in [-0.2, -0.15) is 13.2 Å². The minimum Gasteiger partial charge on any atom is -0.309 e. The minimum absolute atomic E-state index is 0.0240. The highest BCUT2D eigenvalue weighted by atomic mass is 19.4. The number of hydrogen-bond donors (Lipinski definition) is 1. The first kappa shape index (κ1) is 18.0. The van der Waals surface area contributed by atoms with Crippen LogP contribution >= 0.6 is 0 Å². The van der Waals surface area contributed by atoms with Crippen LogP contribution in [0.2, 0.25) is 0 Å². The van der Waals surface area contributed by atoms with E-state index in [1.807, 2.05) is 13.0 Å². The number of halogens is 3. The summed E-state index contributed by atoms with van der Waals surface area (Å²) in [5.74, 6) is 0. The van der Waals surface area contributed by atoms with E-state index in [-0.39, 0.29) is 12.6 Å². The molecule has 0 radical (unpaired) electrons. The van der Waals surface area contributed by atoms with Crippen LogP contribution in [0.1, 0.15) is 36.1 Å². The lowest BCUT2D eigenvalue weighted by Gasteiger charge is -2.26. The van der Waals surface area contributed by atoms with Crippen molar-refractivity contribution in [3.8, 4) is 0 Å². The number of benzene rings is 1. The van der Waals surface area contributed by atoms with Crippen molar-refractivity contribution in [2.75, 3.05) is 26.7 Å². The van der Waals surface area contributed by atoms with E-state index in [2.05, 4.69) is 31.3 Å². The smallest absolute Gasteiger partial charge is 0.309 e. The number of rotatable bonds is 7. The molecule has 0 aliphatic carbocycles. The number of hydrogen-bond acceptors (Lipinski definition) is 2. The van der Waals surface area contributed by atoms with E-state index in [4.69, 9.17) is 0 Å². The number of nitrogens with one attached hydrogen (secondary N) is 1. The Morgan fingerprint density at radius 3 is 2.38 bits per heavy atom. The van der Waals surface area contributed by atoms with Crippen molar-refractivity contribution in [3.05, 3.63) is 34.9 Å². The van der Waals surface area contributed by atoms with Gasteiger partial charge < -0.3 is 10.2 Å². The molecule has 0 saturated carbocycles. The van der Waals surface area contributed by atoms with Gasteiger partial charge in [-0.05, 0) is 44.1 Å². The molecule has 1 N–H and O–H groups in total. The van der Waals surface area contributed by atoms with Crippen LogP contribution in [0, 0.1) is 13.8 Å².